The topological polar surface area (TPSA) is 55.8 Å². The number of carboxylic acids is 1. The Labute approximate surface area is 162 Å². The van der Waals surface area contributed by atoms with E-state index in [0.29, 0.717) is 19.6 Å². The van der Waals surface area contributed by atoms with Crippen molar-refractivity contribution in [2.24, 2.45) is 11.8 Å². The van der Waals surface area contributed by atoms with Gasteiger partial charge in [0.2, 0.25) is 0 Å². The quantitative estimate of drug-likeness (QED) is 0.210. The van der Waals surface area contributed by atoms with Crippen LogP contribution in [0.1, 0.15) is 105 Å². The molecule has 4 nitrogen and oxygen atoms in total. The van der Waals surface area contributed by atoms with Gasteiger partial charge in [0.25, 0.3) is 0 Å². The Morgan fingerprint density at radius 1 is 0.692 bits per heavy atom. The van der Waals surface area contributed by atoms with Gasteiger partial charge in [-0.25, -0.2) is 0 Å². The van der Waals surface area contributed by atoms with Gasteiger partial charge < -0.3 is 14.6 Å². The zero-order chi connectivity index (χ0) is 19.6. The molecule has 0 heterocycles. The van der Waals surface area contributed by atoms with E-state index in [0.717, 1.165) is 24.7 Å². The molecule has 1 N–H and O–H groups in total. The zero-order valence-corrected chi connectivity index (χ0v) is 17.8. The highest BCUT2D eigenvalue weighted by Crippen LogP contribution is 2.13. The maximum atomic E-state index is 10.8. The van der Waals surface area contributed by atoms with Crippen LogP contribution in [0, 0.1) is 11.8 Å². The van der Waals surface area contributed by atoms with E-state index in [4.69, 9.17) is 14.6 Å². The number of ether oxygens (including phenoxy) is 2. The predicted octanol–water partition coefficient (Wildman–Crippen LogP) is 6.42. The van der Waals surface area contributed by atoms with E-state index >= 15 is 0 Å². The van der Waals surface area contributed by atoms with Crippen LogP contribution in [-0.4, -0.2) is 30.6 Å². The normalized spacial score (nSPS) is 11.8. The van der Waals surface area contributed by atoms with E-state index in [9.17, 15) is 4.79 Å². The summed E-state index contributed by atoms with van der Waals surface area (Å²) in [6, 6.07) is 0. The molecule has 0 aliphatic rings. The fraction of sp³-hybridized carbons (Fsp3) is 0.955. The number of rotatable bonds is 19. The number of hydrogen-bond acceptors (Lipinski definition) is 3. The van der Waals surface area contributed by atoms with Crippen molar-refractivity contribution >= 4 is 5.97 Å². The smallest absolute Gasteiger partial charge is 0.303 e. The molecule has 0 unspecified atom stereocenters. The molecule has 0 aliphatic carbocycles. The second kappa shape index (κ2) is 17.8. The van der Waals surface area contributed by atoms with E-state index in [1.807, 2.05) is 0 Å². The minimum atomic E-state index is -0.787. The average molecular weight is 373 g/mol. The van der Waals surface area contributed by atoms with E-state index in [2.05, 4.69) is 27.7 Å². The lowest BCUT2D eigenvalue weighted by atomic mass is 10.0. The van der Waals surface area contributed by atoms with Gasteiger partial charge in [-0.15, -0.1) is 0 Å². The minimum Gasteiger partial charge on any atom is -0.481 e. The van der Waals surface area contributed by atoms with Crippen LogP contribution in [0.3, 0.4) is 0 Å². The van der Waals surface area contributed by atoms with Gasteiger partial charge in [-0.3, -0.25) is 4.79 Å². The fourth-order valence-corrected chi connectivity index (χ4v) is 2.90. The van der Waals surface area contributed by atoms with Gasteiger partial charge in [-0.2, -0.15) is 0 Å². The molecule has 0 saturated carbocycles. The van der Waals surface area contributed by atoms with Crippen molar-refractivity contribution in [2.45, 2.75) is 111 Å². The standard InChI is InChI=1S/C22H44O4/c1-19(2)13-9-5-7-11-17-25-22(16-15-21(23)24)26-18-12-8-6-10-14-20(3)4/h19-20,22H,5-18H2,1-4H3,(H,23,24). The molecule has 4 heteroatoms. The molecule has 0 bridgehead atoms. The number of carboxylic acid groups (broad SMARTS) is 1. The fourth-order valence-electron chi connectivity index (χ4n) is 2.90. The van der Waals surface area contributed by atoms with Crippen LogP contribution in [0.5, 0.6) is 0 Å². The molecule has 0 radical (unpaired) electrons. The van der Waals surface area contributed by atoms with E-state index < -0.39 is 5.97 Å². The Morgan fingerprint density at radius 2 is 1.12 bits per heavy atom. The molecule has 156 valence electrons. The highest BCUT2D eigenvalue weighted by molar-refractivity contribution is 5.66. The number of hydrogen-bond donors (Lipinski definition) is 1. The molecule has 0 atom stereocenters. The van der Waals surface area contributed by atoms with Crippen LogP contribution in [0.2, 0.25) is 0 Å². The first-order valence-electron chi connectivity index (χ1n) is 10.9. The molecule has 0 fully saturated rings. The van der Waals surface area contributed by atoms with Crippen molar-refractivity contribution in [1.82, 2.24) is 0 Å². The zero-order valence-electron chi connectivity index (χ0n) is 17.8. The third kappa shape index (κ3) is 19.7. The van der Waals surface area contributed by atoms with Gasteiger partial charge >= 0.3 is 5.97 Å². The third-order valence-corrected chi connectivity index (χ3v) is 4.55. The first-order valence-corrected chi connectivity index (χ1v) is 10.9. The largest absolute Gasteiger partial charge is 0.481 e. The Morgan fingerprint density at radius 3 is 1.50 bits per heavy atom. The molecule has 0 aromatic heterocycles. The molecule has 26 heavy (non-hydrogen) atoms. The molecule has 0 aromatic carbocycles. The van der Waals surface area contributed by atoms with Gasteiger partial charge in [0.1, 0.15) is 0 Å². The SMILES string of the molecule is CC(C)CCCCCCOC(CCC(=O)O)OCCCCCCC(C)C. The first-order chi connectivity index (χ1) is 12.4. The number of carbonyl (C=O) groups is 1. The maximum Gasteiger partial charge on any atom is 0.303 e. The summed E-state index contributed by atoms with van der Waals surface area (Å²) in [6.07, 6.45) is 12.2. The van der Waals surface area contributed by atoms with Crippen LogP contribution in [0.4, 0.5) is 0 Å². The molecule has 0 aromatic rings. The molecule has 0 rings (SSSR count). The van der Waals surface area contributed by atoms with Crippen molar-refractivity contribution in [2.75, 3.05) is 13.2 Å². The molecule has 0 amide bonds. The molecular formula is C22H44O4. The lowest BCUT2D eigenvalue weighted by Gasteiger charge is -2.18. The monoisotopic (exact) mass is 372 g/mol. The molecular weight excluding hydrogens is 328 g/mol. The first kappa shape index (κ1) is 25.4. The van der Waals surface area contributed by atoms with E-state index in [1.54, 1.807) is 0 Å². The van der Waals surface area contributed by atoms with Gasteiger partial charge in [0, 0.05) is 19.6 Å². The highest BCUT2D eigenvalue weighted by atomic mass is 16.7. The minimum absolute atomic E-state index is 0.105. The van der Waals surface area contributed by atoms with Gasteiger partial charge in [-0.1, -0.05) is 79.1 Å². The Bertz CT molecular complexity index is 293. The summed E-state index contributed by atoms with van der Waals surface area (Å²) in [6.45, 7) is 10.4. The summed E-state index contributed by atoms with van der Waals surface area (Å²) >= 11 is 0. The number of aliphatic carboxylic acids is 1. The molecule has 0 aliphatic heterocycles. The van der Waals surface area contributed by atoms with Gasteiger partial charge in [-0.05, 0) is 24.7 Å². The second-order valence-corrected chi connectivity index (χ2v) is 8.30. The van der Waals surface area contributed by atoms with Gasteiger partial charge in [0.05, 0.1) is 6.42 Å². The summed E-state index contributed by atoms with van der Waals surface area (Å²) in [4.78, 5) is 10.8. The van der Waals surface area contributed by atoms with Crippen LogP contribution >= 0.6 is 0 Å². The summed E-state index contributed by atoms with van der Waals surface area (Å²) in [5.74, 6) is 0.778. The Kier molecular flexibility index (Phi) is 17.4. The highest BCUT2D eigenvalue weighted by Gasteiger charge is 2.11. The maximum absolute atomic E-state index is 10.8. The Balaban J connectivity index is 3.75. The van der Waals surface area contributed by atoms with Gasteiger partial charge in [0.15, 0.2) is 6.29 Å². The third-order valence-electron chi connectivity index (χ3n) is 4.55. The molecule has 0 spiro atoms. The van der Waals surface area contributed by atoms with Crippen LogP contribution in [-0.2, 0) is 14.3 Å². The Hall–Kier alpha value is -0.610. The number of unbranched alkanes of at least 4 members (excludes halogenated alkanes) is 6. The van der Waals surface area contributed by atoms with Crippen LogP contribution in [0.25, 0.3) is 0 Å². The lowest BCUT2D eigenvalue weighted by Crippen LogP contribution is -2.20. The summed E-state index contributed by atoms with van der Waals surface area (Å²) in [5.41, 5.74) is 0. The molecule has 0 saturated heterocycles. The van der Waals surface area contributed by atoms with Crippen molar-refractivity contribution < 1.29 is 19.4 Å². The summed E-state index contributed by atoms with van der Waals surface area (Å²) < 4.78 is 11.6. The van der Waals surface area contributed by atoms with Crippen molar-refractivity contribution in [3.05, 3.63) is 0 Å². The average Bonchev–Trinajstić information content (AvgIpc) is 2.56. The van der Waals surface area contributed by atoms with E-state index in [1.165, 1.54) is 51.4 Å². The second-order valence-electron chi connectivity index (χ2n) is 8.30. The van der Waals surface area contributed by atoms with Crippen molar-refractivity contribution in [3.8, 4) is 0 Å². The van der Waals surface area contributed by atoms with E-state index in [-0.39, 0.29) is 12.7 Å². The summed E-state index contributed by atoms with van der Waals surface area (Å²) in [5, 5.41) is 8.88. The van der Waals surface area contributed by atoms with Crippen molar-refractivity contribution in [3.63, 3.8) is 0 Å². The van der Waals surface area contributed by atoms with Crippen molar-refractivity contribution in [1.29, 1.82) is 0 Å². The summed E-state index contributed by atoms with van der Waals surface area (Å²) in [7, 11) is 0. The predicted molar refractivity (Wildman–Crippen MR) is 108 cm³/mol. The lowest BCUT2D eigenvalue weighted by molar-refractivity contribution is -0.156. The van der Waals surface area contributed by atoms with Crippen LogP contribution in [0.15, 0.2) is 0 Å². The van der Waals surface area contributed by atoms with Crippen LogP contribution < -0.4 is 0 Å².